The molecule has 0 spiro atoms. The number of carbonyl (C=O) groups is 6. The molecule has 2 saturated heterocycles. The second kappa shape index (κ2) is 11.2. The summed E-state index contributed by atoms with van der Waals surface area (Å²) in [6, 6.07) is 3.01. The van der Waals surface area contributed by atoms with Crippen LogP contribution in [0.4, 0.5) is 5.69 Å². The first-order chi connectivity index (χ1) is 17.7. The molecule has 2 fully saturated rings. The number of anilines is 1. The second-order valence-electron chi connectivity index (χ2n) is 9.46. The highest BCUT2D eigenvalue weighted by atomic mass is 16.5. The van der Waals surface area contributed by atoms with Gasteiger partial charge in [-0.15, -0.1) is 0 Å². The van der Waals surface area contributed by atoms with Gasteiger partial charge in [-0.1, -0.05) is 12.5 Å². The van der Waals surface area contributed by atoms with Gasteiger partial charge in [0.2, 0.25) is 17.7 Å². The Labute approximate surface area is 213 Å². The van der Waals surface area contributed by atoms with Crippen molar-refractivity contribution in [1.29, 1.82) is 0 Å². The van der Waals surface area contributed by atoms with Crippen LogP contribution < -0.4 is 10.6 Å². The fourth-order valence-electron chi connectivity index (χ4n) is 5.12. The number of methoxy groups -OCH3 is 1. The summed E-state index contributed by atoms with van der Waals surface area (Å²) >= 11 is 0. The van der Waals surface area contributed by atoms with E-state index in [0.29, 0.717) is 32.4 Å². The molecular formula is C25H30N4O8. The summed E-state index contributed by atoms with van der Waals surface area (Å²) < 4.78 is 4.80. The maximum Gasteiger partial charge on any atom is 0.323 e. The molecule has 3 heterocycles. The van der Waals surface area contributed by atoms with Gasteiger partial charge in [0.05, 0.1) is 30.0 Å². The van der Waals surface area contributed by atoms with Crippen LogP contribution >= 0.6 is 0 Å². The first-order valence-electron chi connectivity index (χ1n) is 12.4. The van der Waals surface area contributed by atoms with E-state index in [9.17, 15) is 33.9 Å². The van der Waals surface area contributed by atoms with Crippen LogP contribution in [0.1, 0.15) is 65.7 Å². The van der Waals surface area contributed by atoms with Crippen molar-refractivity contribution in [3.63, 3.8) is 0 Å². The number of unbranched alkanes of at least 4 members (excludes halogenated alkanes) is 2. The van der Waals surface area contributed by atoms with Gasteiger partial charge in [0.25, 0.3) is 11.8 Å². The number of nitrogens with one attached hydrogen (secondary N) is 2. The Bertz CT molecular complexity index is 1140. The predicted molar refractivity (Wildman–Crippen MR) is 128 cm³/mol. The standard InChI is InChI=1S/C25H30N4O8/c1-37-25(36)18-12-14(30)13-28(18)11-4-2-3-8-19(31)26-16-7-5-6-15-21(16)24(35)29(23(15)34)17-9-10-20(32)27-22(17)33/h5-7,14,17-18,30H,2-4,8-13H2,1H3,(H,26,31)(H,27,32,33)/t14-,17?,18+/m1/s1. The van der Waals surface area contributed by atoms with Crippen molar-refractivity contribution in [1.82, 2.24) is 15.1 Å². The number of fused-ring (bicyclic) bond motifs is 1. The van der Waals surface area contributed by atoms with E-state index in [1.807, 2.05) is 4.90 Å². The maximum atomic E-state index is 13.1. The number of imide groups is 2. The number of β-amino-alcohol motifs (C(OH)–C–C–N with tert-alkyl or cyclic N) is 1. The van der Waals surface area contributed by atoms with E-state index in [1.54, 1.807) is 6.07 Å². The number of benzene rings is 1. The van der Waals surface area contributed by atoms with Crippen LogP contribution in [0.5, 0.6) is 0 Å². The molecule has 12 nitrogen and oxygen atoms in total. The largest absolute Gasteiger partial charge is 0.468 e. The number of hydrogen-bond donors (Lipinski definition) is 3. The Morgan fingerprint density at radius 1 is 1.14 bits per heavy atom. The van der Waals surface area contributed by atoms with Crippen LogP contribution in [0, 0.1) is 0 Å². The van der Waals surface area contributed by atoms with Crippen molar-refractivity contribution in [3.05, 3.63) is 29.3 Å². The number of carbonyl (C=O) groups excluding carboxylic acids is 6. The predicted octanol–water partition coefficient (Wildman–Crippen LogP) is 0.195. The van der Waals surface area contributed by atoms with Gasteiger partial charge >= 0.3 is 5.97 Å². The SMILES string of the molecule is COC(=O)[C@@H]1C[C@@H](O)CN1CCCCCC(=O)Nc1cccc2c1C(=O)N(C1CCC(=O)NC1=O)C2=O. The van der Waals surface area contributed by atoms with E-state index in [1.165, 1.54) is 19.2 Å². The molecule has 37 heavy (non-hydrogen) atoms. The molecule has 0 bridgehead atoms. The van der Waals surface area contributed by atoms with Gasteiger partial charge < -0.3 is 15.2 Å². The Kier molecular flexibility index (Phi) is 7.98. The molecule has 3 atom stereocenters. The molecule has 0 aliphatic carbocycles. The molecule has 3 aliphatic heterocycles. The monoisotopic (exact) mass is 514 g/mol. The number of aliphatic hydroxyl groups excluding tert-OH is 1. The molecule has 1 unspecified atom stereocenters. The van der Waals surface area contributed by atoms with E-state index in [-0.39, 0.29) is 48.0 Å². The zero-order valence-electron chi connectivity index (χ0n) is 20.5. The van der Waals surface area contributed by atoms with Crippen LogP contribution in [0.15, 0.2) is 18.2 Å². The summed E-state index contributed by atoms with van der Waals surface area (Å²) in [7, 11) is 1.32. The number of ether oxygens (including phenoxy) is 1. The smallest absolute Gasteiger partial charge is 0.323 e. The number of amides is 5. The zero-order chi connectivity index (χ0) is 26.7. The zero-order valence-corrected chi connectivity index (χ0v) is 20.5. The van der Waals surface area contributed by atoms with E-state index in [2.05, 4.69) is 10.6 Å². The van der Waals surface area contributed by atoms with Gasteiger partial charge in [-0.2, -0.15) is 0 Å². The summed E-state index contributed by atoms with van der Waals surface area (Å²) in [5.41, 5.74) is 0.329. The van der Waals surface area contributed by atoms with Crippen LogP contribution in [0.25, 0.3) is 0 Å². The van der Waals surface area contributed by atoms with Crippen molar-refractivity contribution < 1.29 is 38.6 Å². The molecular weight excluding hydrogens is 484 g/mol. The molecule has 4 rings (SSSR count). The Hall–Kier alpha value is -3.64. The van der Waals surface area contributed by atoms with Gasteiger partial charge in [-0.25, -0.2) is 0 Å². The lowest BCUT2D eigenvalue weighted by molar-refractivity contribution is -0.146. The molecule has 0 radical (unpaired) electrons. The Balaban J connectivity index is 1.30. The van der Waals surface area contributed by atoms with E-state index >= 15 is 0 Å². The normalized spacial score (nSPS) is 23.7. The Morgan fingerprint density at radius 2 is 1.92 bits per heavy atom. The number of aliphatic hydroxyl groups is 1. The maximum absolute atomic E-state index is 13.1. The van der Waals surface area contributed by atoms with E-state index < -0.39 is 41.8 Å². The third-order valence-corrected chi connectivity index (χ3v) is 6.95. The minimum Gasteiger partial charge on any atom is -0.468 e. The van der Waals surface area contributed by atoms with Crippen LogP contribution in [-0.4, -0.2) is 88.8 Å². The molecule has 198 valence electrons. The molecule has 0 saturated carbocycles. The fraction of sp³-hybridized carbons (Fsp3) is 0.520. The molecule has 3 N–H and O–H groups in total. The molecule has 0 aromatic heterocycles. The number of piperidine rings is 1. The average molecular weight is 515 g/mol. The number of likely N-dealkylation sites (tertiary alicyclic amines) is 1. The van der Waals surface area contributed by atoms with Gasteiger partial charge in [0.1, 0.15) is 12.1 Å². The first-order valence-corrected chi connectivity index (χ1v) is 12.4. The second-order valence-corrected chi connectivity index (χ2v) is 9.46. The third kappa shape index (κ3) is 5.54. The highest BCUT2D eigenvalue weighted by Crippen LogP contribution is 2.32. The molecule has 1 aromatic rings. The van der Waals surface area contributed by atoms with Crippen LogP contribution in [0.3, 0.4) is 0 Å². The average Bonchev–Trinajstić information content (AvgIpc) is 3.36. The lowest BCUT2D eigenvalue weighted by Gasteiger charge is -2.27. The van der Waals surface area contributed by atoms with E-state index in [4.69, 9.17) is 4.74 Å². The van der Waals surface area contributed by atoms with E-state index in [0.717, 1.165) is 11.3 Å². The number of hydrogen-bond acceptors (Lipinski definition) is 9. The molecule has 3 aliphatic rings. The number of nitrogens with zero attached hydrogens (tertiary/aromatic N) is 2. The van der Waals surface area contributed by atoms with Crippen LogP contribution in [-0.2, 0) is 23.9 Å². The topological polar surface area (TPSA) is 162 Å². The van der Waals surface area contributed by atoms with Crippen molar-refractivity contribution in [2.24, 2.45) is 0 Å². The van der Waals surface area contributed by atoms with Gasteiger partial charge in [0, 0.05) is 25.8 Å². The molecule has 1 aromatic carbocycles. The quantitative estimate of drug-likeness (QED) is 0.237. The fourth-order valence-corrected chi connectivity index (χ4v) is 5.12. The van der Waals surface area contributed by atoms with Crippen molar-refractivity contribution in [3.8, 4) is 0 Å². The number of esters is 1. The van der Waals surface area contributed by atoms with Gasteiger partial charge in [0.15, 0.2) is 0 Å². The Morgan fingerprint density at radius 3 is 2.65 bits per heavy atom. The van der Waals surface area contributed by atoms with Crippen LogP contribution in [0.2, 0.25) is 0 Å². The highest BCUT2D eigenvalue weighted by molar-refractivity contribution is 6.26. The minimum absolute atomic E-state index is 0.0229. The molecule has 12 heteroatoms. The summed E-state index contributed by atoms with van der Waals surface area (Å²) in [4.78, 5) is 76.9. The van der Waals surface area contributed by atoms with Gasteiger partial charge in [-0.05, 0) is 37.9 Å². The van der Waals surface area contributed by atoms with Crippen molar-refractivity contribution >= 4 is 41.2 Å². The first kappa shape index (κ1) is 26.4. The third-order valence-electron chi connectivity index (χ3n) is 6.95. The summed E-state index contributed by atoms with van der Waals surface area (Å²) in [6.45, 7) is 0.999. The van der Waals surface area contributed by atoms with Gasteiger partial charge in [-0.3, -0.25) is 43.9 Å². The lowest BCUT2D eigenvalue weighted by Crippen LogP contribution is -2.54. The number of rotatable bonds is 9. The molecule has 5 amide bonds. The summed E-state index contributed by atoms with van der Waals surface area (Å²) in [5, 5.41) is 14.7. The van der Waals surface area contributed by atoms with Crippen molar-refractivity contribution in [2.75, 3.05) is 25.5 Å². The summed E-state index contributed by atoms with van der Waals surface area (Å²) in [6.07, 6.45) is 2.04. The highest BCUT2D eigenvalue weighted by Gasteiger charge is 2.45. The van der Waals surface area contributed by atoms with Crippen molar-refractivity contribution in [2.45, 2.75) is 63.1 Å². The minimum atomic E-state index is -1.08. The summed E-state index contributed by atoms with van der Waals surface area (Å²) in [5.74, 6) is -3.15. The lowest BCUT2D eigenvalue weighted by atomic mass is 10.0.